The summed E-state index contributed by atoms with van der Waals surface area (Å²) in [5.41, 5.74) is 7.09. The molecule has 1 aromatic heterocycles. The van der Waals surface area contributed by atoms with E-state index < -0.39 is 0 Å². The van der Waals surface area contributed by atoms with Crippen LogP contribution in [0.25, 0.3) is 0 Å². The molecule has 2 aliphatic rings. The van der Waals surface area contributed by atoms with Crippen LogP contribution in [0.4, 0.5) is 5.69 Å². The average Bonchev–Trinajstić information content (AvgIpc) is 3.54. The number of aromatic nitrogens is 1. The van der Waals surface area contributed by atoms with Crippen molar-refractivity contribution in [1.29, 1.82) is 0 Å². The third-order valence-corrected chi connectivity index (χ3v) is 7.11. The number of allylic oxidation sites excluding steroid dienone is 1. The summed E-state index contributed by atoms with van der Waals surface area (Å²) in [6.07, 6.45) is 11.5. The van der Waals surface area contributed by atoms with E-state index >= 15 is 0 Å². The molecule has 0 aliphatic carbocycles. The van der Waals surface area contributed by atoms with Gasteiger partial charge in [-0.05, 0) is 82.7 Å². The molecule has 208 valence electrons. The van der Waals surface area contributed by atoms with Gasteiger partial charge >= 0.3 is 0 Å². The average molecular weight is 525 g/mol. The number of amides is 1. The van der Waals surface area contributed by atoms with Crippen LogP contribution in [0.5, 0.6) is 11.5 Å². The summed E-state index contributed by atoms with van der Waals surface area (Å²) in [7, 11) is 6.23. The number of aryl methyl sites for hydroxylation is 1. The maximum Gasteiger partial charge on any atom is 0.241 e. The molecule has 0 saturated carbocycles. The van der Waals surface area contributed by atoms with Crippen molar-refractivity contribution < 1.29 is 18.8 Å². The Hall–Kier alpha value is -3.10. The summed E-state index contributed by atoms with van der Waals surface area (Å²) in [5, 5.41) is 0. The fourth-order valence-electron chi connectivity index (χ4n) is 5.00. The maximum atomic E-state index is 13.6. The molecule has 1 saturated heterocycles. The number of hydrogen-bond acceptors (Lipinski definition) is 6. The summed E-state index contributed by atoms with van der Waals surface area (Å²) >= 11 is 0. The van der Waals surface area contributed by atoms with Crippen molar-refractivity contribution in [1.82, 2.24) is 9.80 Å². The van der Waals surface area contributed by atoms with Gasteiger partial charge in [0.1, 0.15) is 12.7 Å². The van der Waals surface area contributed by atoms with Gasteiger partial charge < -0.3 is 25.0 Å². The van der Waals surface area contributed by atoms with Crippen LogP contribution in [0.1, 0.15) is 51.0 Å². The van der Waals surface area contributed by atoms with Crippen molar-refractivity contribution in [3.63, 3.8) is 0 Å². The number of nitrogens with two attached hydrogens (primary N) is 1. The van der Waals surface area contributed by atoms with Crippen LogP contribution in [0, 0.1) is 0 Å². The number of anilines is 1. The van der Waals surface area contributed by atoms with Gasteiger partial charge in [0.15, 0.2) is 23.9 Å². The van der Waals surface area contributed by atoms with Crippen LogP contribution in [-0.2, 0) is 11.8 Å². The number of fused-ring (bicyclic) bond motifs is 1. The Morgan fingerprint density at radius 2 is 1.97 bits per heavy atom. The molecular formula is C30H46N5O3+. The number of carbonyl (C=O) groups is 1. The molecule has 0 spiro atoms. The van der Waals surface area contributed by atoms with Crippen LogP contribution < -0.4 is 24.7 Å². The molecule has 8 nitrogen and oxygen atoms in total. The quantitative estimate of drug-likeness (QED) is 0.478. The molecule has 0 radical (unpaired) electrons. The van der Waals surface area contributed by atoms with E-state index in [1.807, 2.05) is 54.0 Å². The highest BCUT2D eigenvalue weighted by Gasteiger charge is 2.35. The lowest BCUT2D eigenvalue weighted by Gasteiger charge is -2.28. The molecular weight excluding hydrogens is 478 g/mol. The summed E-state index contributed by atoms with van der Waals surface area (Å²) in [4.78, 5) is 20.2. The topological polar surface area (TPSA) is 75.1 Å². The van der Waals surface area contributed by atoms with Gasteiger partial charge in [0.05, 0.1) is 6.54 Å². The minimum absolute atomic E-state index is 0.181. The number of nitrogens with zero attached hydrogens (tertiary/aromatic N) is 4. The van der Waals surface area contributed by atoms with Gasteiger partial charge in [-0.15, -0.1) is 0 Å². The van der Waals surface area contributed by atoms with Gasteiger partial charge in [0.25, 0.3) is 0 Å². The first-order chi connectivity index (χ1) is 18.4. The number of carbonyl (C=O) groups excluding carboxylic acids is 1. The third kappa shape index (κ3) is 8.20. The first-order valence-corrected chi connectivity index (χ1v) is 13.7. The van der Waals surface area contributed by atoms with Crippen molar-refractivity contribution in [3.8, 4) is 11.5 Å². The first-order valence-electron chi connectivity index (χ1n) is 13.7. The highest BCUT2D eigenvalue weighted by Crippen LogP contribution is 2.39. The molecule has 0 bridgehead atoms. The molecule has 3 heterocycles. The minimum Gasteiger partial charge on any atom is -0.454 e. The summed E-state index contributed by atoms with van der Waals surface area (Å²) in [5.74, 6) is 2.22. The van der Waals surface area contributed by atoms with E-state index in [0.717, 1.165) is 62.5 Å². The second kappa shape index (κ2) is 14.7. The number of benzene rings is 1. The molecule has 2 unspecified atom stereocenters. The second-order valence-electron chi connectivity index (χ2n) is 10.4. The molecule has 1 aromatic carbocycles. The lowest BCUT2D eigenvalue weighted by molar-refractivity contribution is -0.670. The number of pyridine rings is 1. The smallest absolute Gasteiger partial charge is 0.241 e. The standard InChI is InChI=1S/C27H39N4O3.C3H7N/c1-5-6-13-31(24-8-7-12-29(4)18-24)27(32)19-30-17-22(15-23(30)11-14-28(2)3)21-9-10-25-26(16-21)34-20-33-25;1-2-3-4/h7-10,12,16,18,22-23H,5-6,11,13-15,17,19-20H2,1-4H3;2-3H,4H2,1H3/q+1;/b;3-2-. The van der Waals surface area contributed by atoms with Gasteiger partial charge in [-0.2, -0.15) is 0 Å². The highest BCUT2D eigenvalue weighted by atomic mass is 16.7. The zero-order valence-corrected chi connectivity index (χ0v) is 23.8. The zero-order chi connectivity index (χ0) is 27.5. The van der Waals surface area contributed by atoms with Gasteiger partial charge in [-0.3, -0.25) is 9.69 Å². The van der Waals surface area contributed by atoms with Crippen LogP contribution in [0.15, 0.2) is 55.0 Å². The van der Waals surface area contributed by atoms with Crippen LogP contribution >= 0.6 is 0 Å². The number of rotatable bonds is 10. The molecule has 2 aromatic rings. The minimum atomic E-state index is 0.181. The SMILES string of the molecule is C/C=C\N.CCCCN(C(=O)CN1CC(c2ccc3c(c2)OCO3)CC1CCN(C)C)c1ccc[n+](C)c1. The number of likely N-dealkylation sites (tertiary alicyclic amines) is 1. The largest absolute Gasteiger partial charge is 0.454 e. The van der Waals surface area contributed by atoms with E-state index in [1.165, 1.54) is 11.8 Å². The van der Waals surface area contributed by atoms with Gasteiger partial charge in [-0.1, -0.05) is 25.5 Å². The number of unbranched alkanes of at least 4 members (excludes halogenated alkanes) is 1. The molecule has 2 atom stereocenters. The van der Waals surface area contributed by atoms with Gasteiger partial charge in [0.2, 0.25) is 12.7 Å². The molecule has 38 heavy (non-hydrogen) atoms. The maximum absolute atomic E-state index is 13.6. The lowest BCUT2D eigenvalue weighted by Crippen LogP contribution is -2.44. The third-order valence-electron chi connectivity index (χ3n) is 7.11. The summed E-state index contributed by atoms with van der Waals surface area (Å²) in [6.45, 7) is 7.43. The summed E-state index contributed by atoms with van der Waals surface area (Å²) in [6, 6.07) is 10.7. The van der Waals surface area contributed by atoms with Crippen molar-refractivity contribution >= 4 is 11.6 Å². The Morgan fingerprint density at radius 1 is 1.21 bits per heavy atom. The van der Waals surface area contributed by atoms with Gasteiger partial charge in [-0.25, -0.2) is 4.57 Å². The molecule has 4 rings (SSSR count). The van der Waals surface area contributed by atoms with Crippen LogP contribution in [0.2, 0.25) is 0 Å². The molecule has 2 N–H and O–H groups in total. The van der Waals surface area contributed by atoms with E-state index in [4.69, 9.17) is 15.2 Å². The molecule has 8 heteroatoms. The number of ether oxygens (including phenoxy) is 2. The van der Waals surface area contributed by atoms with Crippen LogP contribution in [-0.4, -0.2) is 68.8 Å². The second-order valence-corrected chi connectivity index (χ2v) is 10.4. The molecule has 1 fully saturated rings. The monoisotopic (exact) mass is 524 g/mol. The Labute approximate surface area is 228 Å². The van der Waals surface area contributed by atoms with E-state index in [-0.39, 0.29) is 5.91 Å². The van der Waals surface area contributed by atoms with E-state index in [2.05, 4.69) is 43.0 Å². The van der Waals surface area contributed by atoms with Crippen molar-refractivity contribution in [2.45, 2.75) is 51.5 Å². The normalized spacial score (nSPS) is 18.6. The van der Waals surface area contributed by atoms with Gasteiger partial charge in [0, 0.05) is 25.2 Å². The van der Waals surface area contributed by atoms with Crippen molar-refractivity contribution in [3.05, 3.63) is 60.6 Å². The predicted molar refractivity (Wildman–Crippen MR) is 152 cm³/mol. The fourth-order valence-corrected chi connectivity index (χ4v) is 5.00. The Bertz CT molecular complexity index is 1050. The predicted octanol–water partition coefficient (Wildman–Crippen LogP) is 3.66. The van der Waals surface area contributed by atoms with E-state index in [9.17, 15) is 4.79 Å². The van der Waals surface area contributed by atoms with Crippen molar-refractivity contribution in [2.75, 3.05) is 52.0 Å². The Morgan fingerprint density at radius 3 is 2.66 bits per heavy atom. The van der Waals surface area contributed by atoms with E-state index in [1.54, 1.807) is 6.08 Å². The highest BCUT2D eigenvalue weighted by molar-refractivity contribution is 5.94. The van der Waals surface area contributed by atoms with E-state index in [0.29, 0.717) is 25.3 Å². The van der Waals surface area contributed by atoms with Crippen LogP contribution in [0.3, 0.4) is 0 Å². The lowest BCUT2D eigenvalue weighted by atomic mass is 9.95. The van der Waals surface area contributed by atoms with Crippen molar-refractivity contribution in [2.24, 2.45) is 12.8 Å². The summed E-state index contributed by atoms with van der Waals surface area (Å²) < 4.78 is 13.1. The number of hydrogen-bond donors (Lipinski definition) is 1. The zero-order valence-electron chi connectivity index (χ0n) is 23.8. The Balaban J connectivity index is 0.000000934. The fraction of sp³-hybridized carbons (Fsp3) is 0.533. The molecule has 2 aliphatic heterocycles. The molecule has 1 amide bonds. The first kappa shape index (κ1) is 29.5. The Kier molecular flexibility index (Phi) is 11.4.